The van der Waals surface area contributed by atoms with E-state index < -0.39 is 0 Å². The van der Waals surface area contributed by atoms with Crippen LogP contribution < -0.4 is 10.1 Å². The smallest absolute Gasteiger partial charge is 0.137 e. The van der Waals surface area contributed by atoms with Gasteiger partial charge in [0.05, 0.1) is 12.1 Å². The Hall–Kier alpha value is -2.33. The van der Waals surface area contributed by atoms with Crippen LogP contribution in [0.3, 0.4) is 0 Å². The van der Waals surface area contributed by atoms with Crippen molar-refractivity contribution in [3.8, 4) is 5.75 Å². The predicted molar refractivity (Wildman–Crippen MR) is 103 cm³/mol. The summed E-state index contributed by atoms with van der Waals surface area (Å²) in [5.74, 6) is 1.79. The predicted octanol–water partition coefficient (Wildman–Crippen LogP) is 5.33. The number of halogens is 1. The Kier molecular flexibility index (Phi) is 6.46. The third-order valence-corrected chi connectivity index (χ3v) is 4.24. The van der Waals surface area contributed by atoms with Gasteiger partial charge in [-0.3, -0.25) is 0 Å². The molecule has 3 rings (SSSR count). The Morgan fingerprint density at radius 2 is 1.68 bits per heavy atom. The molecule has 1 aromatic heterocycles. The van der Waals surface area contributed by atoms with Gasteiger partial charge in [0.2, 0.25) is 0 Å². The van der Waals surface area contributed by atoms with Crippen molar-refractivity contribution in [3.63, 3.8) is 0 Å². The van der Waals surface area contributed by atoms with Gasteiger partial charge in [-0.15, -0.1) is 0 Å². The molecule has 25 heavy (non-hydrogen) atoms. The minimum Gasteiger partial charge on any atom is -0.494 e. The number of aromatic nitrogens is 2. The molecule has 0 saturated heterocycles. The lowest BCUT2D eigenvalue weighted by Gasteiger charge is -2.08. The van der Waals surface area contributed by atoms with Crippen molar-refractivity contribution in [2.45, 2.75) is 25.7 Å². The number of anilines is 1. The average molecular weight is 356 g/mol. The van der Waals surface area contributed by atoms with E-state index in [9.17, 15) is 0 Å². The van der Waals surface area contributed by atoms with Crippen LogP contribution in [0, 0.1) is 0 Å². The lowest BCUT2D eigenvalue weighted by atomic mass is 10.2. The van der Waals surface area contributed by atoms with Crippen molar-refractivity contribution >= 4 is 28.3 Å². The Bertz CT molecular complexity index is 787. The zero-order valence-electron chi connectivity index (χ0n) is 14.1. The van der Waals surface area contributed by atoms with Gasteiger partial charge in [-0.2, -0.15) is 0 Å². The minimum absolute atomic E-state index is 0.733. The molecule has 0 spiro atoms. The van der Waals surface area contributed by atoms with Crippen LogP contribution in [-0.2, 0) is 0 Å². The third-order valence-electron chi connectivity index (χ3n) is 3.99. The molecule has 0 aliphatic carbocycles. The molecule has 0 aliphatic heterocycles. The summed E-state index contributed by atoms with van der Waals surface area (Å²) in [4.78, 5) is 8.62. The first-order chi connectivity index (χ1) is 12.3. The minimum atomic E-state index is 0.733. The molecular weight excluding hydrogens is 334 g/mol. The maximum Gasteiger partial charge on any atom is 0.137 e. The largest absolute Gasteiger partial charge is 0.494 e. The Morgan fingerprint density at radius 3 is 2.56 bits per heavy atom. The summed E-state index contributed by atoms with van der Waals surface area (Å²) in [5, 5.41) is 5.22. The molecule has 130 valence electrons. The van der Waals surface area contributed by atoms with Crippen molar-refractivity contribution in [2.75, 3.05) is 18.5 Å². The number of hydrogen-bond donors (Lipinski definition) is 1. The average Bonchev–Trinajstić information content (AvgIpc) is 2.65. The molecule has 0 aliphatic rings. The monoisotopic (exact) mass is 355 g/mol. The highest BCUT2D eigenvalue weighted by Crippen LogP contribution is 2.18. The van der Waals surface area contributed by atoms with Gasteiger partial charge in [0.1, 0.15) is 17.9 Å². The summed E-state index contributed by atoms with van der Waals surface area (Å²) in [7, 11) is 0. The molecule has 0 fully saturated rings. The first-order valence-corrected chi connectivity index (χ1v) is 9.03. The zero-order valence-corrected chi connectivity index (χ0v) is 14.9. The van der Waals surface area contributed by atoms with Gasteiger partial charge in [-0.25, -0.2) is 9.97 Å². The van der Waals surface area contributed by atoms with Gasteiger partial charge in [0, 0.05) is 17.0 Å². The summed E-state index contributed by atoms with van der Waals surface area (Å²) in [6.45, 7) is 1.66. The van der Waals surface area contributed by atoms with Crippen LogP contribution in [0.5, 0.6) is 5.75 Å². The van der Waals surface area contributed by atoms with Crippen molar-refractivity contribution < 1.29 is 4.74 Å². The maximum atomic E-state index is 5.85. The van der Waals surface area contributed by atoms with Gasteiger partial charge in [0.15, 0.2) is 0 Å². The molecule has 1 N–H and O–H groups in total. The second kappa shape index (κ2) is 9.23. The van der Waals surface area contributed by atoms with Gasteiger partial charge in [-0.1, -0.05) is 36.6 Å². The van der Waals surface area contributed by atoms with E-state index in [4.69, 9.17) is 16.3 Å². The topological polar surface area (TPSA) is 47.0 Å². The fraction of sp³-hybridized carbons (Fsp3) is 0.300. The molecule has 4 nitrogen and oxygen atoms in total. The second-order valence-electron chi connectivity index (χ2n) is 5.88. The highest BCUT2D eigenvalue weighted by Gasteiger charge is 2.01. The van der Waals surface area contributed by atoms with E-state index in [1.165, 1.54) is 6.42 Å². The first kappa shape index (κ1) is 17.5. The lowest BCUT2D eigenvalue weighted by molar-refractivity contribution is 0.305. The molecule has 0 saturated carbocycles. The molecule has 0 atom stereocenters. The number of hydrogen-bond acceptors (Lipinski definition) is 4. The molecule has 2 aromatic carbocycles. The Balaban J connectivity index is 1.30. The van der Waals surface area contributed by atoms with Crippen LogP contribution in [0.1, 0.15) is 25.7 Å². The van der Waals surface area contributed by atoms with E-state index in [0.29, 0.717) is 0 Å². The quantitative estimate of drug-likeness (QED) is 0.526. The maximum absolute atomic E-state index is 5.85. The van der Waals surface area contributed by atoms with Crippen molar-refractivity contribution in [1.29, 1.82) is 0 Å². The number of para-hydroxylation sites is 1. The van der Waals surface area contributed by atoms with E-state index in [1.54, 1.807) is 6.33 Å². The molecule has 0 amide bonds. The SMILES string of the molecule is Clc1ccc(OCCCCCCNc2ncnc3ccccc23)cc1. The van der Waals surface area contributed by atoms with Gasteiger partial charge < -0.3 is 10.1 Å². The van der Waals surface area contributed by atoms with Crippen LogP contribution in [0.2, 0.25) is 5.02 Å². The van der Waals surface area contributed by atoms with Crippen molar-refractivity contribution in [3.05, 3.63) is 59.9 Å². The number of ether oxygens (including phenoxy) is 1. The number of fused-ring (bicyclic) bond motifs is 1. The number of nitrogens with one attached hydrogen (secondary N) is 1. The van der Waals surface area contributed by atoms with Gasteiger partial charge >= 0.3 is 0 Å². The van der Waals surface area contributed by atoms with E-state index in [1.807, 2.05) is 48.5 Å². The highest BCUT2D eigenvalue weighted by molar-refractivity contribution is 6.30. The molecule has 3 aromatic rings. The molecular formula is C20H22ClN3O. The summed E-state index contributed by atoms with van der Waals surface area (Å²) in [6, 6.07) is 15.5. The highest BCUT2D eigenvalue weighted by atomic mass is 35.5. The molecule has 1 heterocycles. The standard InChI is InChI=1S/C20H22ClN3O/c21-16-9-11-17(12-10-16)25-14-6-2-1-5-13-22-20-18-7-3-4-8-19(18)23-15-24-20/h3-4,7-12,15H,1-2,5-6,13-14H2,(H,22,23,24). The third kappa shape index (κ3) is 5.33. The van der Waals surface area contributed by atoms with Gasteiger partial charge in [0.25, 0.3) is 0 Å². The first-order valence-electron chi connectivity index (χ1n) is 8.65. The van der Waals surface area contributed by atoms with E-state index in [-0.39, 0.29) is 0 Å². The van der Waals surface area contributed by atoms with Crippen LogP contribution in [0.25, 0.3) is 10.9 Å². The van der Waals surface area contributed by atoms with Crippen LogP contribution in [-0.4, -0.2) is 23.1 Å². The van der Waals surface area contributed by atoms with E-state index >= 15 is 0 Å². The summed E-state index contributed by atoms with van der Waals surface area (Å²) < 4.78 is 5.69. The van der Waals surface area contributed by atoms with Crippen LogP contribution in [0.4, 0.5) is 5.82 Å². The van der Waals surface area contributed by atoms with Crippen molar-refractivity contribution in [1.82, 2.24) is 9.97 Å². The molecule has 5 heteroatoms. The molecule has 0 unspecified atom stereocenters. The van der Waals surface area contributed by atoms with Crippen LogP contribution in [0.15, 0.2) is 54.9 Å². The number of benzene rings is 2. The number of unbranched alkanes of at least 4 members (excludes halogenated alkanes) is 3. The van der Waals surface area contributed by atoms with Crippen LogP contribution >= 0.6 is 11.6 Å². The van der Waals surface area contributed by atoms with Crippen molar-refractivity contribution in [2.24, 2.45) is 0 Å². The fourth-order valence-corrected chi connectivity index (χ4v) is 2.78. The number of rotatable bonds is 9. The second-order valence-corrected chi connectivity index (χ2v) is 6.32. The van der Waals surface area contributed by atoms with E-state index in [0.717, 1.165) is 59.9 Å². The normalized spacial score (nSPS) is 10.8. The van der Waals surface area contributed by atoms with E-state index in [2.05, 4.69) is 15.3 Å². The number of nitrogens with zero attached hydrogens (tertiary/aromatic N) is 2. The Morgan fingerprint density at radius 1 is 0.880 bits per heavy atom. The fourth-order valence-electron chi connectivity index (χ4n) is 2.65. The summed E-state index contributed by atoms with van der Waals surface area (Å²) >= 11 is 5.85. The summed E-state index contributed by atoms with van der Waals surface area (Å²) in [6.07, 6.45) is 6.09. The summed E-state index contributed by atoms with van der Waals surface area (Å²) in [5.41, 5.74) is 0.972. The molecule has 0 radical (unpaired) electrons. The Labute approximate surface area is 153 Å². The lowest BCUT2D eigenvalue weighted by Crippen LogP contribution is -2.04. The zero-order chi connectivity index (χ0) is 17.3. The van der Waals surface area contributed by atoms with Gasteiger partial charge in [-0.05, 0) is 49.2 Å². The molecule has 0 bridgehead atoms.